The van der Waals surface area contributed by atoms with E-state index in [1.54, 1.807) is 11.3 Å². The van der Waals surface area contributed by atoms with Crippen LogP contribution in [0.3, 0.4) is 0 Å². The molecule has 0 fully saturated rings. The van der Waals surface area contributed by atoms with Crippen molar-refractivity contribution in [3.63, 3.8) is 0 Å². The molecule has 0 aliphatic carbocycles. The number of nitrogens with two attached hydrogens (primary N) is 1. The van der Waals surface area contributed by atoms with E-state index in [9.17, 15) is 0 Å². The Hall–Kier alpha value is -2.11. The van der Waals surface area contributed by atoms with Gasteiger partial charge in [0.1, 0.15) is 17.1 Å². The van der Waals surface area contributed by atoms with Gasteiger partial charge in [0.25, 0.3) is 0 Å². The Morgan fingerprint density at radius 2 is 2.20 bits per heavy atom. The number of fused-ring (bicyclic) bond motifs is 1. The van der Waals surface area contributed by atoms with E-state index >= 15 is 0 Å². The number of hydrogen-bond acceptors (Lipinski definition) is 5. The van der Waals surface area contributed by atoms with Crippen LogP contribution in [0.4, 0.5) is 5.82 Å². The number of hydrogen-bond donors (Lipinski definition) is 2. The van der Waals surface area contributed by atoms with Crippen LogP contribution in [0.2, 0.25) is 0 Å². The lowest BCUT2D eigenvalue weighted by molar-refractivity contribution is 0.343. The van der Waals surface area contributed by atoms with Crippen LogP contribution < -0.4 is 16.0 Å². The molecule has 3 rings (SSSR count). The molecule has 0 saturated heterocycles. The summed E-state index contributed by atoms with van der Waals surface area (Å²) in [5.74, 6) is 7.06. The van der Waals surface area contributed by atoms with Gasteiger partial charge in [-0.3, -0.25) is 0 Å². The molecule has 0 aliphatic heterocycles. The summed E-state index contributed by atoms with van der Waals surface area (Å²) in [6.45, 7) is 2.57. The second-order valence-corrected chi connectivity index (χ2v) is 5.21. The van der Waals surface area contributed by atoms with Crippen molar-refractivity contribution in [1.82, 2.24) is 4.98 Å². The zero-order valence-corrected chi connectivity index (χ0v) is 11.9. The zero-order chi connectivity index (χ0) is 13.9. The van der Waals surface area contributed by atoms with Gasteiger partial charge in [-0.05, 0) is 30.5 Å². The standard InChI is InChI=1S/C15H15N3OS/c1-2-19-12-6-3-5-10-9-11(13-7-4-8-20-13)15(18-16)17-14(10)12/h3-9H,2,16H2,1H3,(H,17,18). The topological polar surface area (TPSA) is 60.2 Å². The van der Waals surface area contributed by atoms with Crippen LogP contribution in [0.15, 0.2) is 41.8 Å². The molecule has 0 atom stereocenters. The molecular formula is C15H15N3OS. The molecule has 1 aromatic carbocycles. The number of pyridine rings is 1. The number of anilines is 1. The molecule has 5 heteroatoms. The molecule has 20 heavy (non-hydrogen) atoms. The largest absolute Gasteiger partial charge is 0.492 e. The summed E-state index contributed by atoms with van der Waals surface area (Å²) < 4.78 is 5.62. The lowest BCUT2D eigenvalue weighted by Gasteiger charge is -2.11. The van der Waals surface area contributed by atoms with Crippen molar-refractivity contribution in [2.45, 2.75) is 6.92 Å². The van der Waals surface area contributed by atoms with Crippen molar-refractivity contribution in [2.75, 3.05) is 12.0 Å². The molecule has 0 bridgehead atoms. The molecule has 0 unspecified atom stereocenters. The second kappa shape index (κ2) is 5.48. The van der Waals surface area contributed by atoms with E-state index in [0.717, 1.165) is 27.1 Å². The average Bonchev–Trinajstić information content (AvgIpc) is 3.00. The Balaban J connectivity index is 2.24. The molecule has 2 heterocycles. The maximum absolute atomic E-state index is 5.62. The molecule has 0 radical (unpaired) electrons. The number of nitrogens with zero attached hydrogens (tertiary/aromatic N) is 1. The van der Waals surface area contributed by atoms with E-state index < -0.39 is 0 Å². The first-order chi connectivity index (χ1) is 9.83. The van der Waals surface area contributed by atoms with E-state index in [4.69, 9.17) is 10.6 Å². The highest BCUT2D eigenvalue weighted by atomic mass is 32.1. The van der Waals surface area contributed by atoms with Crippen LogP contribution >= 0.6 is 11.3 Å². The number of nitrogen functional groups attached to an aromatic ring is 1. The van der Waals surface area contributed by atoms with Crippen molar-refractivity contribution in [3.05, 3.63) is 41.8 Å². The molecule has 3 N–H and O–H groups in total. The van der Waals surface area contributed by atoms with E-state index in [1.165, 1.54) is 0 Å². The number of rotatable bonds is 4. The molecule has 3 aromatic rings. The first kappa shape index (κ1) is 12.9. The third kappa shape index (κ3) is 2.21. The van der Waals surface area contributed by atoms with Gasteiger partial charge in [0.2, 0.25) is 0 Å². The van der Waals surface area contributed by atoms with Crippen LogP contribution in [-0.4, -0.2) is 11.6 Å². The summed E-state index contributed by atoms with van der Waals surface area (Å²) in [5, 5.41) is 3.08. The van der Waals surface area contributed by atoms with E-state index in [-0.39, 0.29) is 0 Å². The number of thiophene rings is 1. The summed E-state index contributed by atoms with van der Waals surface area (Å²) in [4.78, 5) is 5.75. The van der Waals surface area contributed by atoms with Gasteiger partial charge in [-0.2, -0.15) is 0 Å². The van der Waals surface area contributed by atoms with Gasteiger partial charge in [-0.15, -0.1) is 11.3 Å². The summed E-state index contributed by atoms with van der Waals surface area (Å²) in [5.41, 5.74) is 4.51. The quantitative estimate of drug-likeness (QED) is 0.567. The minimum atomic E-state index is 0.610. The van der Waals surface area contributed by atoms with Gasteiger partial charge in [0.05, 0.1) is 6.61 Å². The van der Waals surface area contributed by atoms with Gasteiger partial charge in [0, 0.05) is 15.8 Å². The predicted octanol–water partition coefficient (Wildman–Crippen LogP) is 3.65. The Morgan fingerprint density at radius 1 is 1.30 bits per heavy atom. The molecule has 0 aliphatic rings. The van der Waals surface area contributed by atoms with Gasteiger partial charge in [-0.1, -0.05) is 18.2 Å². The lowest BCUT2D eigenvalue weighted by Crippen LogP contribution is -2.10. The van der Waals surface area contributed by atoms with Crippen molar-refractivity contribution in [2.24, 2.45) is 5.84 Å². The summed E-state index contributed by atoms with van der Waals surface area (Å²) >= 11 is 1.66. The number of para-hydroxylation sites is 1. The van der Waals surface area contributed by atoms with Crippen molar-refractivity contribution >= 4 is 28.1 Å². The van der Waals surface area contributed by atoms with E-state index in [2.05, 4.69) is 22.5 Å². The molecule has 2 aromatic heterocycles. The molecule has 0 amide bonds. The highest BCUT2D eigenvalue weighted by Crippen LogP contribution is 2.35. The Morgan fingerprint density at radius 3 is 2.90 bits per heavy atom. The monoisotopic (exact) mass is 285 g/mol. The van der Waals surface area contributed by atoms with Gasteiger partial charge in [-0.25, -0.2) is 10.8 Å². The Bertz CT molecular complexity index is 725. The molecule has 0 spiro atoms. The number of benzene rings is 1. The van der Waals surface area contributed by atoms with Crippen molar-refractivity contribution in [1.29, 1.82) is 0 Å². The molecule has 4 nitrogen and oxygen atoms in total. The van der Waals surface area contributed by atoms with Crippen LogP contribution in [0.25, 0.3) is 21.3 Å². The number of ether oxygens (including phenoxy) is 1. The molecular weight excluding hydrogens is 270 g/mol. The van der Waals surface area contributed by atoms with Crippen LogP contribution in [0.5, 0.6) is 5.75 Å². The van der Waals surface area contributed by atoms with Gasteiger partial charge < -0.3 is 10.2 Å². The maximum atomic E-state index is 5.62. The maximum Gasteiger partial charge on any atom is 0.149 e. The van der Waals surface area contributed by atoms with E-state index in [0.29, 0.717) is 12.4 Å². The number of hydrazine groups is 1. The fraction of sp³-hybridized carbons (Fsp3) is 0.133. The minimum absolute atomic E-state index is 0.610. The van der Waals surface area contributed by atoms with Gasteiger partial charge >= 0.3 is 0 Å². The minimum Gasteiger partial charge on any atom is -0.492 e. The lowest BCUT2D eigenvalue weighted by atomic mass is 10.1. The molecule has 102 valence electrons. The van der Waals surface area contributed by atoms with Crippen LogP contribution in [-0.2, 0) is 0 Å². The fourth-order valence-electron chi connectivity index (χ4n) is 2.17. The van der Waals surface area contributed by atoms with Crippen LogP contribution in [0, 0.1) is 0 Å². The Labute approximate surface area is 121 Å². The fourth-order valence-corrected chi connectivity index (χ4v) is 2.92. The normalized spacial score (nSPS) is 10.7. The number of nitrogens with one attached hydrogen (secondary N) is 1. The van der Waals surface area contributed by atoms with Crippen molar-refractivity contribution < 1.29 is 4.74 Å². The highest BCUT2D eigenvalue weighted by molar-refractivity contribution is 7.13. The van der Waals surface area contributed by atoms with Gasteiger partial charge in [0.15, 0.2) is 0 Å². The summed E-state index contributed by atoms with van der Waals surface area (Å²) in [6, 6.07) is 12.1. The SMILES string of the molecule is CCOc1cccc2cc(-c3cccs3)c(NN)nc12. The number of aromatic nitrogens is 1. The first-order valence-electron chi connectivity index (χ1n) is 6.40. The summed E-state index contributed by atoms with van der Waals surface area (Å²) in [7, 11) is 0. The second-order valence-electron chi connectivity index (χ2n) is 4.27. The smallest absolute Gasteiger partial charge is 0.149 e. The highest BCUT2D eigenvalue weighted by Gasteiger charge is 2.11. The van der Waals surface area contributed by atoms with Crippen molar-refractivity contribution in [3.8, 4) is 16.2 Å². The van der Waals surface area contributed by atoms with E-state index in [1.807, 2.05) is 36.6 Å². The third-order valence-electron chi connectivity index (χ3n) is 3.03. The molecule has 0 saturated carbocycles. The third-order valence-corrected chi connectivity index (χ3v) is 3.94. The van der Waals surface area contributed by atoms with Crippen LogP contribution in [0.1, 0.15) is 6.92 Å². The predicted molar refractivity (Wildman–Crippen MR) is 84.0 cm³/mol. The Kier molecular flexibility index (Phi) is 3.54. The summed E-state index contributed by atoms with van der Waals surface area (Å²) in [6.07, 6.45) is 0. The first-order valence-corrected chi connectivity index (χ1v) is 7.28. The average molecular weight is 285 g/mol. The zero-order valence-electron chi connectivity index (χ0n) is 11.1.